The number of nitrogens with zero attached hydrogens (tertiary/aromatic N) is 3. The van der Waals surface area contributed by atoms with E-state index in [1.165, 1.54) is 0 Å². The number of carbonyl (C=O) groups excluding carboxylic acids is 1. The van der Waals surface area contributed by atoms with E-state index in [1.54, 1.807) is 0 Å². The van der Waals surface area contributed by atoms with Gasteiger partial charge in [-0.3, -0.25) is 4.79 Å². The molecule has 0 aromatic carbocycles. The monoisotopic (exact) mass is 252 g/mol. The topological polar surface area (TPSA) is 85.3 Å². The maximum atomic E-state index is 11.0. The molecule has 0 saturated carbocycles. The fourth-order valence-electron chi connectivity index (χ4n) is 2.28. The van der Waals surface area contributed by atoms with Crippen LogP contribution in [0, 0.1) is 5.92 Å². The highest BCUT2D eigenvalue weighted by Crippen LogP contribution is 2.24. The number of piperidine rings is 1. The zero-order valence-corrected chi connectivity index (χ0v) is 10.9. The number of hydrogen-bond acceptors (Lipinski definition) is 5. The lowest BCUT2D eigenvalue weighted by Gasteiger charge is -2.30. The van der Waals surface area contributed by atoms with Gasteiger partial charge in [-0.05, 0) is 18.8 Å². The van der Waals surface area contributed by atoms with Gasteiger partial charge in [-0.15, -0.1) is 0 Å². The van der Waals surface area contributed by atoms with E-state index in [4.69, 9.17) is 10.3 Å². The molecule has 0 radical (unpaired) electrons. The summed E-state index contributed by atoms with van der Waals surface area (Å²) in [6.45, 7) is 5.72. The molecule has 1 atom stereocenters. The van der Waals surface area contributed by atoms with Gasteiger partial charge in [0.05, 0.1) is 0 Å². The molecule has 0 aliphatic carbocycles. The molecule has 1 aromatic heterocycles. The minimum absolute atomic E-state index is 0.241. The lowest BCUT2D eigenvalue weighted by atomic mass is 9.95. The van der Waals surface area contributed by atoms with Crippen LogP contribution in [0.2, 0.25) is 0 Å². The highest BCUT2D eigenvalue weighted by molar-refractivity contribution is 5.74. The van der Waals surface area contributed by atoms with Crippen LogP contribution in [-0.2, 0) is 4.79 Å². The first-order valence-corrected chi connectivity index (χ1v) is 6.43. The van der Waals surface area contributed by atoms with Crippen LogP contribution in [0.1, 0.15) is 44.9 Å². The van der Waals surface area contributed by atoms with Gasteiger partial charge >= 0.3 is 6.01 Å². The van der Waals surface area contributed by atoms with Crippen molar-refractivity contribution < 1.29 is 9.32 Å². The Morgan fingerprint density at radius 1 is 1.61 bits per heavy atom. The van der Waals surface area contributed by atoms with Gasteiger partial charge in [0.15, 0.2) is 5.82 Å². The van der Waals surface area contributed by atoms with Crippen LogP contribution >= 0.6 is 0 Å². The van der Waals surface area contributed by atoms with Crippen LogP contribution in [-0.4, -0.2) is 29.1 Å². The van der Waals surface area contributed by atoms with Gasteiger partial charge in [-0.2, -0.15) is 4.98 Å². The molecular weight excluding hydrogens is 232 g/mol. The smallest absolute Gasteiger partial charge is 0.324 e. The van der Waals surface area contributed by atoms with Gasteiger partial charge in [0, 0.05) is 25.4 Å². The number of nitrogens with two attached hydrogens (primary N) is 1. The number of aromatic nitrogens is 2. The Bertz CT molecular complexity index is 416. The zero-order chi connectivity index (χ0) is 13.1. The van der Waals surface area contributed by atoms with Crippen molar-refractivity contribution in [2.75, 3.05) is 18.0 Å². The predicted octanol–water partition coefficient (Wildman–Crippen LogP) is 1.28. The quantitative estimate of drug-likeness (QED) is 0.872. The molecular formula is C12H20N4O2. The molecule has 0 spiro atoms. The first-order chi connectivity index (χ1) is 8.56. The molecule has 1 saturated heterocycles. The number of primary amides is 1. The second kappa shape index (κ2) is 5.37. The largest absolute Gasteiger partial charge is 0.370 e. The van der Waals surface area contributed by atoms with Crippen molar-refractivity contribution in [2.45, 2.75) is 39.0 Å². The fraction of sp³-hybridized carbons (Fsp3) is 0.750. The summed E-state index contributed by atoms with van der Waals surface area (Å²) in [7, 11) is 0. The third-order valence-corrected chi connectivity index (χ3v) is 3.23. The van der Waals surface area contributed by atoms with Crippen molar-refractivity contribution in [3.8, 4) is 0 Å². The number of carbonyl (C=O) groups is 1. The summed E-state index contributed by atoms with van der Waals surface area (Å²) in [4.78, 5) is 17.4. The predicted molar refractivity (Wildman–Crippen MR) is 67.1 cm³/mol. The SMILES string of the molecule is CC(C)c1noc(N2CCCC(CC(N)=O)C2)n1. The Labute approximate surface area is 107 Å². The molecule has 1 aliphatic rings. The van der Waals surface area contributed by atoms with Crippen molar-refractivity contribution in [3.05, 3.63) is 5.82 Å². The zero-order valence-electron chi connectivity index (χ0n) is 10.9. The lowest BCUT2D eigenvalue weighted by Crippen LogP contribution is -2.37. The molecule has 2 N–H and O–H groups in total. The minimum atomic E-state index is -0.241. The van der Waals surface area contributed by atoms with Crippen LogP contribution in [0.15, 0.2) is 4.52 Å². The van der Waals surface area contributed by atoms with Gasteiger partial charge in [0.25, 0.3) is 0 Å². The molecule has 1 amide bonds. The number of hydrogen-bond donors (Lipinski definition) is 1. The summed E-state index contributed by atoms with van der Waals surface area (Å²) in [5, 5.41) is 3.96. The van der Waals surface area contributed by atoms with Gasteiger partial charge in [-0.1, -0.05) is 19.0 Å². The minimum Gasteiger partial charge on any atom is -0.370 e. The van der Waals surface area contributed by atoms with Crippen LogP contribution in [0.3, 0.4) is 0 Å². The summed E-state index contributed by atoms with van der Waals surface area (Å²) >= 11 is 0. The highest BCUT2D eigenvalue weighted by atomic mass is 16.5. The molecule has 100 valence electrons. The summed E-state index contributed by atoms with van der Waals surface area (Å²) in [5.41, 5.74) is 5.24. The van der Waals surface area contributed by atoms with Crippen molar-refractivity contribution >= 4 is 11.9 Å². The molecule has 1 unspecified atom stereocenters. The second-order valence-corrected chi connectivity index (χ2v) is 5.21. The average molecular weight is 252 g/mol. The van der Waals surface area contributed by atoms with Crippen molar-refractivity contribution in [1.29, 1.82) is 0 Å². The van der Waals surface area contributed by atoms with Gasteiger partial charge < -0.3 is 15.2 Å². The first-order valence-electron chi connectivity index (χ1n) is 6.43. The maximum absolute atomic E-state index is 11.0. The lowest BCUT2D eigenvalue weighted by molar-refractivity contribution is -0.118. The normalized spacial score (nSPS) is 20.4. The van der Waals surface area contributed by atoms with Crippen molar-refractivity contribution in [3.63, 3.8) is 0 Å². The van der Waals surface area contributed by atoms with Crippen molar-refractivity contribution in [1.82, 2.24) is 10.1 Å². The Balaban J connectivity index is 2.01. The Morgan fingerprint density at radius 2 is 2.39 bits per heavy atom. The summed E-state index contributed by atoms with van der Waals surface area (Å²) in [5.74, 6) is 1.04. The van der Waals surface area contributed by atoms with Crippen LogP contribution < -0.4 is 10.6 Å². The van der Waals surface area contributed by atoms with E-state index in [-0.39, 0.29) is 11.8 Å². The Kier molecular flexibility index (Phi) is 3.84. The van der Waals surface area contributed by atoms with E-state index in [2.05, 4.69) is 15.0 Å². The van der Waals surface area contributed by atoms with Gasteiger partial charge in [0.2, 0.25) is 5.91 Å². The number of rotatable bonds is 4. The first kappa shape index (κ1) is 12.9. The third-order valence-electron chi connectivity index (χ3n) is 3.23. The van der Waals surface area contributed by atoms with E-state index in [1.807, 2.05) is 13.8 Å². The van der Waals surface area contributed by atoms with E-state index >= 15 is 0 Å². The molecule has 2 rings (SSSR count). The molecule has 0 bridgehead atoms. The third kappa shape index (κ3) is 3.00. The van der Waals surface area contributed by atoms with E-state index in [9.17, 15) is 4.79 Å². The standard InChI is InChI=1S/C12H20N4O2/c1-8(2)11-14-12(18-15-11)16-5-3-4-9(7-16)6-10(13)17/h8-9H,3-7H2,1-2H3,(H2,13,17). The number of amides is 1. The molecule has 6 nitrogen and oxygen atoms in total. The summed E-state index contributed by atoms with van der Waals surface area (Å²) in [6, 6.07) is 0.563. The van der Waals surface area contributed by atoms with Crippen molar-refractivity contribution in [2.24, 2.45) is 11.7 Å². The summed E-state index contributed by atoms with van der Waals surface area (Å²) in [6.07, 6.45) is 2.49. The van der Waals surface area contributed by atoms with E-state index < -0.39 is 0 Å². The van der Waals surface area contributed by atoms with Gasteiger partial charge in [-0.25, -0.2) is 0 Å². The molecule has 18 heavy (non-hydrogen) atoms. The Hall–Kier alpha value is -1.59. The average Bonchev–Trinajstić information content (AvgIpc) is 2.77. The van der Waals surface area contributed by atoms with Gasteiger partial charge in [0.1, 0.15) is 0 Å². The molecule has 6 heteroatoms. The maximum Gasteiger partial charge on any atom is 0.324 e. The molecule has 1 aliphatic heterocycles. The number of anilines is 1. The molecule has 2 heterocycles. The Morgan fingerprint density at radius 3 is 3.00 bits per heavy atom. The fourth-order valence-corrected chi connectivity index (χ4v) is 2.28. The van der Waals surface area contributed by atoms with E-state index in [0.717, 1.165) is 31.8 Å². The molecule has 1 aromatic rings. The van der Waals surface area contributed by atoms with Crippen LogP contribution in [0.5, 0.6) is 0 Å². The van der Waals surface area contributed by atoms with Crippen LogP contribution in [0.4, 0.5) is 6.01 Å². The van der Waals surface area contributed by atoms with E-state index in [0.29, 0.717) is 18.4 Å². The second-order valence-electron chi connectivity index (χ2n) is 5.21. The van der Waals surface area contributed by atoms with Crippen LogP contribution in [0.25, 0.3) is 0 Å². The highest BCUT2D eigenvalue weighted by Gasteiger charge is 2.25. The molecule has 1 fully saturated rings. The summed E-state index contributed by atoms with van der Waals surface area (Å²) < 4.78 is 5.27.